The number of para-hydroxylation sites is 2. The van der Waals surface area contributed by atoms with Crippen LogP contribution in [0.25, 0.3) is 0 Å². The van der Waals surface area contributed by atoms with Crippen LogP contribution in [0.3, 0.4) is 0 Å². The number of ether oxygens (including phenoxy) is 2. The van der Waals surface area contributed by atoms with Gasteiger partial charge in [-0.1, -0.05) is 19.1 Å². The fourth-order valence-electron chi connectivity index (χ4n) is 2.21. The van der Waals surface area contributed by atoms with E-state index in [1.807, 2.05) is 13.8 Å². The van der Waals surface area contributed by atoms with E-state index in [1.54, 1.807) is 32.4 Å². The third-order valence-corrected chi connectivity index (χ3v) is 3.39. The van der Waals surface area contributed by atoms with Crippen LogP contribution in [0, 0.1) is 10.1 Å². The number of methoxy groups -OCH3 is 1. The molecule has 1 aromatic carbocycles. The van der Waals surface area contributed by atoms with E-state index in [1.165, 1.54) is 11.1 Å². The Kier molecular flexibility index (Phi) is 7.87. The van der Waals surface area contributed by atoms with Gasteiger partial charge in [-0.25, -0.2) is 0 Å². The third kappa shape index (κ3) is 4.77. The van der Waals surface area contributed by atoms with Gasteiger partial charge in [-0.2, -0.15) is 5.10 Å². The summed E-state index contributed by atoms with van der Waals surface area (Å²) in [5.74, 6) is 0.530. The van der Waals surface area contributed by atoms with E-state index in [-0.39, 0.29) is 5.69 Å². The molecule has 0 saturated carbocycles. The highest BCUT2D eigenvalue weighted by molar-refractivity contribution is 5.64. The van der Waals surface area contributed by atoms with E-state index < -0.39 is 11.2 Å². The second kappa shape index (κ2) is 9.64. The summed E-state index contributed by atoms with van der Waals surface area (Å²) in [7, 11) is 3.23. The van der Waals surface area contributed by atoms with Crippen molar-refractivity contribution in [2.24, 2.45) is 5.10 Å². The molecule has 1 unspecified atom stereocenters. The summed E-state index contributed by atoms with van der Waals surface area (Å²) in [6.45, 7) is 7.79. The molecular weight excluding hydrogens is 312 g/mol. The lowest BCUT2D eigenvalue weighted by atomic mass is 10.1. The van der Waals surface area contributed by atoms with Crippen molar-refractivity contribution in [3.63, 3.8) is 0 Å². The molecule has 0 aliphatic carbocycles. The molecule has 0 bridgehead atoms. The minimum Gasteiger partial charge on any atom is -0.352 e. The van der Waals surface area contributed by atoms with Crippen LogP contribution in [-0.2, 0) is 9.47 Å². The van der Waals surface area contributed by atoms with Gasteiger partial charge in [0.1, 0.15) is 11.5 Å². The smallest absolute Gasteiger partial charge is 0.292 e. The molecule has 0 aliphatic rings. The maximum Gasteiger partial charge on any atom is 0.292 e. The van der Waals surface area contributed by atoms with E-state index >= 15 is 0 Å². The second-order valence-electron chi connectivity index (χ2n) is 4.81. The number of hydrogen-bond donors (Lipinski definition) is 1. The lowest BCUT2D eigenvalue weighted by molar-refractivity contribution is -0.383. The molecule has 8 nitrogen and oxygen atoms in total. The van der Waals surface area contributed by atoms with Crippen molar-refractivity contribution >= 4 is 18.1 Å². The summed E-state index contributed by atoms with van der Waals surface area (Å²) in [6, 6.07) is 6.39. The first-order chi connectivity index (χ1) is 11.5. The first-order valence-corrected chi connectivity index (χ1v) is 7.58. The zero-order chi connectivity index (χ0) is 18.1. The van der Waals surface area contributed by atoms with E-state index in [2.05, 4.69) is 17.1 Å². The molecule has 1 N–H and O–H groups in total. The zero-order valence-corrected chi connectivity index (χ0v) is 14.5. The quantitative estimate of drug-likeness (QED) is 0.305. The molecule has 1 aromatic rings. The molecule has 1 rings (SSSR count). The van der Waals surface area contributed by atoms with Gasteiger partial charge in [0.15, 0.2) is 6.29 Å². The van der Waals surface area contributed by atoms with Crippen molar-refractivity contribution in [3.05, 3.63) is 45.8 Å². The standard InChI is InChI=1S/C16H24N4O4/c1-6-12(16(23-5)24-7-2)15(19(4)17-3)18-13-10-8-9-11-14(13)20(21)22/h8-11,16,18H,3,6-7H2,1-2,4-5H3/b15-12+. The normalized spacial score (nSPS) is 13.0. The molecule has 0 spiro atoms. The first kappa shape index (κ1) is 19.6. The fourth-order valence-corrected chi connectivity index (χ4v) is 2.21. The van der Waals surface area contributed by atoms with E-state index in [9.17, 15) is 10.1 Å². The summed E-state index contributed by atoms with van der Waals surface area (Å²) in [5, 5.41) is 19.7. The van der Waals surface area contributed by atoms with Crippen LogP contribution in [0.1, 0.15) is 20.3 Å². The van der Waals surface area contributed by atoms with E-state index in [0.717, 1.165) is 5.57 Å². The molecule has 0 amide bonds. The zero-order valence-electron chi connectivity index (χ0n) is 14.5. The Hall–Kier alpha value is -2.45. The number of hydrogen-bond acceptors (Lipinski definition) is 7. The van der Waals surface area contributed by atoms with Crippen LogP contribution >= 0.6 is 0 Å². The Labute approximate surface area is 141 Å². The Morgan fingerprint density at radius 2 is 2.12 bits per heavy atom. The highest BCUT2D eigenvalue weighted by Gasteiger charge is 2.22. The van der Waals surface area contributed by atoms with Gasteiger partial charge in [-0.15, -0.1) is 0 Å². The van der Waals surface area contributed by atoms with Gasteiger partial charge in [0.2, 0.25) is 0 Å². The number of hydrazone groups is 1. The van der Waals surface area contributed by atoms with Crippen LogP contribution in [-0.4, -0.2) is 43.7 Å². The number of nitrogens with zero attached hydrogens (tertiary/aromatic N) is 3. The fraction of sp³-hybridized carbons (Fsp3) is 0.438. The Balaban J connectivity index is 3.38. The van der Waals surface area contributed by atoms with Crippen molar-refractivity contribution < 1.29 is 14.4 Å². The minimum absolute atomic E-state index is 0.0340. The summed E-state index contributed by atoms with van der Waals surface area (Å²) in [6.07, 6.45) is 0.0101. The molecule has 0 radical (unpaired) electrons. The molecular formula is C16H24N4O4. The van der Waals surface area contributed by atoms with Gasteiger partial charge >= 0.3 is 0 Å². The van der Waals surface area contributed by atoms with Gasteiger partial charge in [-0.3, -0.25) is 15.1 Å². The largest absolute Gasteiger partial charge is 0.352 e. The van der Waals surface area contributed by atoms with Crippen LogP contribution in [0.15, 0.2) is 40.8 Å². The molecule has 0 fully saturated rings. The first-order valence-electron chi connectivity index (χ1n) is 7.58. The van der Waals surface area contributed by atoms with Gasteiger partial charge < -0.3 is 14.8 Å². The van der Waals surface area contributed by atoms with Gasteiger partial charge in [0, 0.05) is 39.1 Å². The summed E-state index contributed by atoms with van der Waals surface area (Å²) in [4.78, 5) is 10.8. The van der Waals surface area contributed by atoms with Gasteiger partial charge in [0.05, 0.1) is 4.92 Å². The summed E-state index contributed by atoms with van der Waals surface area (Å²) in [5.41, 5.74) is 1.09. The molecule has 1 atom stereocenters. The summed E-state index contributed by atoms with van der Waals surface area (Å²) < 4.78 is 11.0. The number of nitrogens with one attached hydrogen (secondary N) is 1. The predicted octanol–water partition coefficient (Wildman–Crippen LogP) is 3.18. The second-order valence-corrected chi connectivity index (χ2v) is 4.81. The van der Waals surface area contributed by atoms with E-state index in [0.29, 0.717) is 24.5 Å². The highest BCUT2D eigenvalue weighted by Crippen LogP contribution is 2.28. The average molecular weight is 336 g/mol. The lowest BCUT2D eigenvalue weighted by Gasteiger charge is -2.26. The van der Waals surface area contributed by atoms with Crippen molar-refractivity contribution in [1.29, 1.82) is 0 Å². The predicted molar refractivity (Wildman–Crippen MR) is 93.8 cm³/mol. The summed E-state index contributed by atoms with van der Waals surface area (Å²) >= 11 is 0. The Bertz CT molecular complexity index is 603. The topological polar surface area (TPSA) is 89.2 Å². The van der Waals surface area contributed by atoms with Crippen LogP contribution < -0.4 is 5.32 Å². The molecule has 132 valence electrons. The molecule has 0 heterocycles. The third-order valence-electron chi connectivity index (χ3n) is 3.39. The molecule has 0 saturated heterocycles. The Morgan fingerprint density at radius 3 is 2.62 bits per heavy atom. The average Bonchev–Trinajstić information content (AvgIpc) is 2.59. The van der Waals surface area contributed by atoms with Crippen LogP contribution in [0.5, 0.6) is 0 Å². The maximum absolute atomic E-state index is 11.2. The number of benzene rings is 1. The van der Waals surface area contributed by atoms with Crippen molar-refractivity contribution in [3.8, 4) is 0 Å². The number of rotatable bonds is 10. The van der Waals surface area contributed by atoms with Crippen molar-refractivity contribution in [1.82, 2.24) is 5.01 Å². The SMILES string of the molecule is C=NN(C)/C(Nc1ccccc1[N+](=O)[O-])=C(\CC)C(OC)OCC. The van der Waals surface area contributed by atoms with Gasteiger partial charge in [-0.05, 0) is 19.4 Å². The molecule has 8 heteroatoms. The highest BCUT2D eigenvalue weighted by atomic mass is 16.7. The number of anilines is 1. The molecule has 0 aliphatic heterocycles. The lowest BCUT2D eigenvalue weighted by Crippen LogP contribution is -2.27. The Morgan fingerprint density at radius 1 is 1.46 bits per heavy atom. The van der Waals surface area contributed by atoms with Crippen LogP contribution in [0.4, 0.5) is 11.4 Å². The minimum atomic E-state index is -0.588. The molecule has 0 aromatic heterocycles. The number of nitro benzene ring substituents is 1. The van der Waals surface area contributed by atoms with Gasteiger partial charge in [0.25, 0.3) is 5.69 Å². The van der Waals surface area contributed by atoms with E-state index in [4.69, 9.17) is 9.47 Å². The monoisotopic (exact) mass is 336 g/mol. The van der Waals surface area contributed by atoms with Crippen molar-refractivity contribution in [2.75, 3.05) is 26.1 Å². The molecule has 24 heavy (non-hydrogen) atoms. The van der Waals surface area contributed by atoms with Crippen LogP contribution in [0.2, 0.25) is 0 Å². The van der Waals surface area contributed by atoms with Crippen molar-refractivity contribution in [2.45, 2.75) is 26.6 Å². The maximum atomic E-state index is 11.2. The number of nitro groups is 1.